The normalized spacial score (nSPS) is 16.1. The molecule has 0 spiro atoms. The summed E-state index contributed by atoms with van der Waals surface area (Å²) in [5.41, 5.74) is 0.799. The van der Waals surface area contributed by atoms with E-state index in [1.165, 1.54) is 32.1 Å². The minimum Gasteiger partial charge on any atom is -0.483 e. The van der Waals surface area contributed by atoms with Crippen molar-refractivity contribution in [1.29, 1.82) is 0 Å². The summed E-state index contributed by atoms with van der Waals surface area (Å²) >= 11 is 5.28. The fourth-order valence-corrected chi connectivity index (χ4v) is 2.65. The van der Waals surface area contributed by atoms with Crippen LogP contribution in [0, 0.1) is 6.92 Å². The smallest absolute Gasteiger partial charge is 0.196 e. The number of anilines is 1. The lowest BCUT2D eigenvalue weighted by atomic mass is 9.95. The Morgan fingerprint density at radius 2 is 2.16 bits per heavy atom. The summed E-state index contributed by atoms with van der Waals surface area (Å²) in [6.07, 6.45) is 8.06. The molecular formula is C14H21N3OS. The van der Waals surface area contributed by atoms with Gasteiger partial charge in [0.15, 0.2) is 5.05 Å². The predicted octanol–water partition coefficient (Wildman–Crippen LogP) is 3.24. The van der Waals surface area contributed by atoms with Crippen LogP contribution >= 0.6 is 12.2 Å². The van der Waals surface area contributed by atoms with Crippen molar-refractivity contribution >= 4 is 23.1 Å². The Morgan fingerprint density at radius 1 is 1.42 bits per heavy atom. The third kappa shape index (κ3) is 3.86. The van der Waals surface area contributed by atoms with Crippen molar-refractivity contribution in [3.8, 4) is 0 Å². The molecule has 1 heterocycles. The van der Waals surface area contributed by atoms with E-state index in [-0.39, 0.29) is 0 Å². The molecule has 1 aromatic heterocycles. The van der Waals surface area contributed by atoms with Gasteiger partial charge in [0.1, 0.15) is 11.6 Å². The van der Waals surface area contributed by atoms with E-state index in [0.29, 0.717) is 17.7 Å². The maximum atomic E-state index is 5.41. The van der Waals surface area contributed by atoms with Crippen molar-refractivity contribution in [2.24, 2.45) is 0 Å². The summed E-state index contributed by atoms with van der Waals surface area (Å²) < 4.78 is 5.41. The molecule has 1 saturated carbocycles. The van der Waals surface area contributed by atoms with E-state index in [2.05, 4.69) is 15.3 Å². The zero-order chi connectivity index (χ0) is 13.7. The van der Waals surface area contributed by atoms with Gasteiger partial charge >= 0.3 is 0 Å². The Morgan fingerprint density at radius 3 is 2.84 bits per heavy atom. The number of aryl methyl sites for hydroxylation is 1. The summed E-state index contributed by atoms with van der Waals surface area (Å²) in [6, 6.07) is 0.492. The van der Waals surface area contributed by atoms with Gasteiger partial charge < -0.3 is 10.1 Å². The molecule has 0 bridgehead atoms. The molecule has 1 fully saturated rings. The Hall–Kier alpha value is -1.23. The number of nitrogens with zero attached hydrogens (tertiary/aromatic N) is 2. The Labute approximate surface area is 120 Å². The summed E-state index contributed by atoms with van der Waals surface area (Å²) in [6.45, 7) is 4.38. The SMILES string of the molecule is CCOC(=S)c1cnc(C)nc1NC1CCCCC1. The highest BCUT2D eigenvalue weighted by Crippen LogP contribution is 2.23. The molecule has 19 heavy (non-hydrogen) atoms. The number of hydrogen-bond acceptors (Lipinski definition) is 5. The molecule has 1 N–H and O–H groups in total. The average molecular weight is 279 g/mol. The summed E-state index contributed by atoms with van der Waals surface area (Å²) in [4.78, 5) is 8.70. The van der Waals surface area contributed by atoms with Crippen molar-refractivity contribution in [3.05, 3.63) is 17.6 Å². The second kappa shape index (κ2) is 6.80. The second-order valence-corrected chi connectivity index (χ2v) is 5.25. The molecule has 0 unspecified atom stereocenters. The van der Waals surface area contributed by atoms with E-state index in [9.17, 15) is 0 Å². The predicted molar refractivity (Wildman–Crippen MR) is 80.6 cm³/mol. The van der Waals surface area contributed by atoms with Crippen LogP contribution in [0.4, 0.5) is 5.82 Å². The molecule has 1 aliphatic rings. The highest BCUT2D eigenvalue weighted by atomic mass is 32.1. The number of thiocarbonyl (C=S) groups is 1. The second-order valence-electron chi connectivity index (χ2n) is 4.88. The molecule has 0 atom stereocenters. The van der Waals surface area contributed by atoms with Crippen LogP contribution < -0.4 is 5.32 Å². The van der Waals surface area contributed by atoms with Crippen LogP contribution in [0.25, 0.3) is 0 Å². The van der Waals surface area contributed by atoms with Crippen LogP contribution in [0.1, 0.15) is 50.4 Å². The minimum absolute atomic E-state index is 0.473. The van der Waals surface area contributed by atoms with Crippen LogP contribution in [-0.4, -0.2) is 27.7 Å². The lowest BCUT2D eigenvalue weighted by Crippen LogP contribution is -2.24. The van der Waals surface area contributed by atoms with Crippen LogP contribution in [-0.2, 0) is 4.74 Å². The molecule has 0 aromatic carbocycles. The van der Waals surface area contributed by atoms with E-state index in [1.807, 2.05) is 13.8 Å². The number of aromatic nitrogens is 2. The molecule has 1 aliphatic carbocycles. The zero-order valence-corrected chi connectivity index (χ0v) is 12.4. The third-order valence-corrected chi connectivity index (χ3v) is 3.69. The maximum Gasteiger partial charge on any atom is 0.196 e. The van der Waals surface area contributed by atoms with Crippen molar-refractivity contribution in [1.82, 2.24) is 9.97 Å². The number of hydrogen-bond donors (Lipinski definition) is 1. The quantitative estimate of drug-likeness (QED) is 0.857. The number of rotatable bonds is 4. The van der Waals surface area contributed by atoms with Crippen molar-refractivity contribution in [2.45, 2.75) is 52.0 Å². The van der Waals surface area contributed by atoms with Crippen LogP contribution in [0.2, 0.25) is 0 Å². The molecule has 0 aliphatic heterocycles. The maximum absolute atomic E-state index is 5.41. The Bertz CT molecular complexity index is 444. The van der Waals surface area contributed by atoms with E-state index in [4.69, 9.17) is 17.0 Å². The fourth-order valence-electron chi connectivity index (χ4n) is 2.38. The number of nitrogens with one attached hydrogen (secondary N) is 1. The minimum atomic E-state index is 0.473. The first kappa shape index (κ1) is 14.2. The van der Waals surface area contributed by atoms with Gasteiger partial charge in [-0.15, -0.1) is 0 Å². The summed E-state index contributed by atoms with van der Waals surface area (Å²) in [5, 5.41) is 3.98. The van der Waals surface area contributed by atoms with Crippen molar-refractivity contribution < 1.29 is 4.74 Å². The molecule has 0 saturated heterocycles. The van der Waals surface area contributed by atoms with E-state index < -0.39 is 0 Å². The highest BCUT2D eigenvalue weighted by Gasteiger charge is 2.17. The van der Waals surface area contributed by atoms with Crippen LogP contribution in [0.5, 0.6) is 0 Å². The molecule has 0 amide bonds. The standard InChI is InChI=1S/C14H21N3OS/c1-3-18-14(19)12-9-15-10(2)16-13(12)17-11-7-5-4-6-8-11/h9,11H,3-8H2,1-2H3,(H,15,16,17). The molecule has 2 rings (SSSR count). The Balaban J connectivity index is 2.16. The summed E-state index contributed by atoms with van der Waals surface area (Å²) in [5.74, 6) is 1.57. The van der Waals surface area contributed by atoms with Gasteiger partial charge in [-0.25, -0.2) is 9.97 Å². The molecule has 4 nitrogen and oxygen atoms in total. The first-order valence-corrected chi connectivity index (χ1v) is 7.39. The fraction of sp³-hybridized carbons (Fsp3) is 0.643. The van der Waals surface area contributed by atoms with Crippen molar-refractivity contribution in [2.75, 3.05) is 11.9 Å². The van der Waals surface area contributed by atoms with Gasteiger partial charge in [-0.2, -0.15) is 0 Å². The van der Waals surface area contributed by atoms with Crippen LogP contribution in [0.3, 0.4) is 0 Å². The first-order valence-electron chi connectivity index (χ1n) is 6.98. The zero-order valence-electron chi connectivity index (χ0n) is 11.6. The molecular weight excluding hydrogens is 258 g/mol. The largest absolute Gasteiger partial charge is 0.483 e. The molecule has 104 valence electrons. The van der Waals surface area contributed by atoms with E-state index in [1.54, 1.807) is 6.20 Å². The first-order chi connectivity index (χ1) is 9.20. The molecule has 1 aromatic rings. The topological polar surface area (TPSA) is 47.0 Å². The lowest BCUT2D eigenvalue weighted by molar-refractivity contribution is 0.337. The van der Waals surface area contributed by atoms with Gasteiger partial charge in [0.25, 0.3) is 0 Å². The van der Waals surface area contributed by atoms with Gasteiger partial charge in [0.2, 0.25) is 0 Å². The number of ether oxygens (including phenoxy) is 1. The Kier molecular flexibility index (Phi) is 5.07. The monoisotopic (exact) mass is 279 g/mol. The van der Waals surface area contributed by atoms with E-state index in [0.717, 1.165) is 17.2 Å². The van der Waals surface area contributed by atoms with Crippen molar-refractivity contribution in [3.63, 3.8) is 0 Å². The third-order valence-electron chi connectivity index (χ3n) is 3.35. The summed E-state index contributed by atoms with van der Waals surface area (Å²) in [7, 11) is 0. The van der Waals surface area contributed by atoms with E-state index >= 15 is 0 Å². The van der Waals surface area contributed by atoms with Crippen LogP contribution in [0.15, 0.2) is 6.20 Å². The molecule has 0 radical (unpaired) electrons. The average Bonchev–Trinajstić information content (AvgIpc) is 2.40. The van der Waals surface area contributed by atoms with Gasteiger partial charge in [-0.1, -0.05) is 19.3 Å². The highest BCUT2D eigenvalue weighted by molar-refractivity contribution is 7.80. The van der Waals surface area contributed by atoms with Gasteiger partial charge in [-0.05, 0) is 38.9 Å². The van der Waals surface area contributed by atoms with Gasteiger partial charge in [0, 0.05) is 12.2 Å². The molecule has 5 heteroatoms. The lowest BCUT2D eigenvalue weighted by Gasteiger charge is -2.24. The van der Waals surface area contributed by atoms with Gasteiger partial charge in [0.05, 0.1) is 12.2 Å². The van der Waals surface area contributed by atoms with Gasteiger partial charge in [-0.3, -0.25) is 0 Å².